The Balaban J connectivity index is 1.99. The summed E-state index contributed by atoms with van der Waals surface area (Å²) in [5, 5.41) is 14.1. The molecule has 1 aromatic heterocycles. The summed E-state index contributed by atoms with van der Waals surface area (Å²) < 4.78 is 10.7. The number of ether oxygens (including phenoxy) is 2. The smallest absolute Gasteiger partial charge is 0.231 e. The number of aliphatic hydroxyl groups is 1. The minimum atomic E-state index is 0.171. The summed E-state index contributed by atoms with van der Waals surface area (Å²) in [5.41, 5.74) is 0. The van der Waals surface area contributed by atoms with E-state index in [2.05, 4.69) is 10.3 Å². The van der Waals surface area contributed by atoms with Gasteiger partial charge in [0.25, 0.3) is 0 Å². The molecular weight excluding hydrogens is 232 g/mol. The third kappa shape index (κ3) is 1.93. The van der Waals surface area contributed by atoms with Gasteiger partial charge in [0.05, 0.1) is 0 Å². The van der Waals surface area contributed by atoms with Crippen molar-refractivity contribution in [3.8, 4) is 11.5 Å². The number of fused-ring (bicyclic) bond motifs is 2. The number of pyridine rings is 1. The number of anilines is 1. The molecule has 1 aliphatic rings. The van der Waals surface area contributed by atoms with Gasteiger partial charge in [-0.05, 0) is 30.0 Å². The van der Waals surface area contributed by atoms with Crippen LogP contribution in [-0.4, -0.2) is 30.0 Å². The van der Waals surface area contributed by atoms with Crippen LogP contribution in [0.1, 0.15) is 6.42 Å². The lowest BCUT2D eigenvalue weighted by Gasteiger charge is -2.08. The Bertz CT molecular complexity index is 571. The summed E-state index contributed by atoms with van der Waals surface area (Å²) >= 11 is 0. The maximum Gasteiger partial charge on any atom is 0.231 e. The third-order valence-electron chi connectivity index (χ3n) is 2.88. The zero-order valence-electron chi connectivity index (χ0n) is 9.85. The monoisotopic (exact) mass is 246 g/mol. The number of hydrogen-bond donors (Lipinski definition) is 2. The van der Waals surface area contributed by atoms with Gasteiger partial charge in [-0.3, -0.25) is 0 Å². The zero-order chi connectivity index (χ0) is 12.4. The number of aromatic nitrogens is 1. The highest BCUT2D eigenvalue weighted by Crippen LogP contribution is 2.37. The molecule has 3 rings (SSSR count). The second-order valence-electron chi connectivity index (χ2n) is 4.09. The minimum absolute atomic E-state index is 0.171. The van der Waals surface area contributed by atoms with Crippen LogP contribution in [0.4, 0.5) is 5.82 Å². The number of aliphatic hydroxyl groups excluding tert-OH is 1. The van der Waals surface area contributed by atoms with E-state index < -0.39 is 0 Å². The molecule has 2 aromatic rings. The molecule has 5 nitrogen and oxygen atoms in total. The highest BCUT2D eigenvalue weighted by molar-refractivity contribution is 5.94. The zero-order valence-corrected chi connectivity index (χ0v) is 9.85. The highest BCUT2D eigenvalue weighted by Gasteiger charge is 2.15. The number of benzene rings is 1. The quantitative estimate of drug-likeness (QED) is 0.805. The number of nitrogens with one attached hydrogen (secondary N) is 1. The number of hydrogen-bond acceptors (Lipinski definition) is 5. The molecule has 0 saturated heterocycles. The van der Waals surface area contributed by atoms with Gasteiger partial charge in [-0.1, -0.05) is 0 Å². The molecule has 1 aliphatic heterocycles. The maximum atomic E-state index is 8.79. The minimum Gasteiger partial charge on any atom is -0.454 e. The van der Waals surface area contributed by atoms with Crippen LogP contribution in [0.2, 0.25) is 0 Å². The Hall–Kier alpha value is -2.01. The van der Waals surface area contributed by atoms with Crippen LogP contribution < -0.4 is 14.8 Å². The summed E-state index contributed by atoms with van der Waals surface area (Å²) in [7, 11) is 0. The third-order valence-corrected chi connectivity index (χ3v) is 2.88. The predicted octanol–water partition coefficient (Wildman–Crippen LogP) is 1.76. The molecule has 1 aromatic carbocycles. The van der Waals surface area contributed by atoms with E-state index >= 15 is 0 Å². The molecular formula is C13H14N2O3. The Morgan fingerprint density at radius 3 is 2.94 bits per heavy atom. The van der Waals surface area contributed by atoms with E-state index in [0.717, 1.165) is 28.1 Å². The van der Waals surface area contributed by atoms with E-state index in [4.69, 9.17) is 14.6 Å². The second kappa shape index (κ2) is 4.70. The van der Waals surface area contributed by atoms with Crippen LogP contribution in [0.15, 0.2) is 24.4 Å². The van der Waals surface area contributed by atoms with Crippen LogP contribution in [0, 0.1) is 0 Å². The van der Waals surface area contributed by atoms with Gasteiger partial charge in [0.15, 0.2) is 11.5 Å². The summed E-state index contributed by atoms with van der Waals surface area (Å²) in [6.45, 7) is 1.13. The van der Waals surface area contributed by atoms with E-state index in [0.29, 0.717) is 13.0 Å². The first kappa shape index (κ1) is 11.1. The van der Waals surface area contributed by atoms with Crippen molar-refractivity contribution in [1.29, 1.82) is 0 Å². The van der Waals surface area contributed by atoms with Gasteiger partial charge in [0, 0.05) is 24.7 Å². The van der Waals surface area contributed by atoms with Crippen molar-refractivity contribution in [3.63, 3.8) is 0 Å². The fourth-order valence-corrected chi connectivity index (χ4v) is 1.99. The van der Waals surface area contributed by atoms with Crippen LogP contribution in [0.25, 0.3) is 10.8 Å². The van der Waals surface area contributed by atoms with E-state index in [-0.39, 0.29) is 13.4 Å². The largest absolute Gasteiger partial charge is 0.454 e. The van der Waals surface area contributed by atoms with E-state index in [9.17, 15) is 0 Å². The van der Waals surface area contributed by atoms with Crippen molar-refractivity contribution in [1.82, 2.24) is 4.98 Å². The molecule has 0 bridgehead atoms. The highest BCUT2D eigenvalue weighted by atomic mass is 16.7. The Morgan fingerprint density at radius 1 is 1.28 bits per heavy atom. The molecule has 2 heterocycles. The van der Waals surface area contributed by atoms with Crippen LogP contribution in [0.5, 0.6) is 11.5 Å². The molecule has 5 heteroatoms. The van der Waals surface area contributed by atoms with Gasteiger partial charge >= 0.3 is 0 Å². The molecule has 0 unspecified atom stereocenters. The van der Waals surface area contributed by atoms with E-state index in [1.807, 2.05) is 18.2 Å². The van der Waals surface area contributed by atoms with Gasteiger partial charge in [0.1, 0.15) is 5.82 Å². The molecule has 0 saturated carbocycles. The van der Waals surface area contributed by atoms with Crippen molar-refractivity contribution in [2.75, 3.05) is 25.3 Å². The predicted molar refractivity (Wildman–Crippen MR) is 68.1 cm³/mol. The lowest BCUT2D eigenvalue weighted by Crippen LogP contribution is -2.05. The Kier molecular flexibility index (Phi) is 2.90. The molecule has 18 heavy (non-hydrogen) atoms. The summed E-state index contributed by atoms with van der Waals surface area (Å²) in [4.78, 5) is 4.32. The normalized spacial score (nSPS) is 12.9. The van der Waals surface area contributed by atoms with Crippen molar-refractivity contribution < 1.29 is 14.6 Å². The number of rotatable bonds is 4. The first-order valence-corrected chi connectivity index (χ1v) is 5.91. The van der Waals surface area contributed by atoms with Crippen LogP contribution in [-0.2, 0) is 0 Å². The Labute approximate surface area is 104 Å². The van der Waals surface area contributed by atoms with Gasteiger partial charge in [-0.15, -0.1) is 0 Å². The molecule has 0 radical (unpaired) electrons. The fourth-order valence-electron chi connectivity index (χ4n) is 1.99. The van der Waals surface area contributed by atoms with E-state index in [1.165, 1.54) is 0 Å². The first-order chi connectivity index (χ1) is 8.88. The van der Waals surface area contributed by atoms with Crippen molar-refractivity contribution in [2.45, 2.75) is 6.42 Å². The van der Waals surface area contributed by atoms with Crippen molar-refractivity contribution in [3.05, 3.63) is 24.4 Å². The Morgan fingerprint density at radius 2 is 2.11 bits per heavy atom. The topological polar surface area (TPSA) is 63.6 Å². The van der Waals surface area contributed by atoms with Crippen molar-refractivity contribution in [2.24, 2.45) is 0 Å². The first-order valence-electron chi connectivity index (χ1n) is 5.91. The van der Waals surface area contributed by atoms with Gasteiger partial charge in [-0.2, -0.15) is 0 Å². The van der Waals surface area contributed by atoms with Gasteiger partial charge in [0.2, 0.25) is 6.79 Å². The summed E-state index contributed by atoms with van der Waals surface area (Å²) in [6.07, 6.45) is 2.45. The summed E-state index contributed by atoms with van der Waals surface area (Å²) in [6, 6.07) is 5.83. The summed E-state index contributed by atoms with van der Waals surface area (Å²) in [5.74, 6) is 2.33. The van der Waals surface area contributed by atoms with Crippen LogP contribution in [0.3, 0.4) is 0 Å². The SMILES string of the molecule is OCCCNc1nccc2cc3c(cc12)OCO3. The van der Waals surface area contributed by atoms with Gasteiger partial charge < -0.3 is 19.9 Å². The fraction of sp³-hybridized carbons (Fsp3) is 0.308. The van der Waals surface area contributed by atoms with Crippen molar-refractivity contribution >= 4 is 16.6 Å². The van der Waals surface area contributed by atoms with Gasteiger partial charge in [-0.25, -0.2) is 4.98 Å². The van der Waals surface area contributed by atoms with E-state index in [1.54, 1.807) is 6.20 Å². The molecule has 0 atom stereocenters. The average molecular weight is 246 g/mol. The molecule has 0 fully saturated rings. The molecule has 0 amide bonds. The maximum absolute atomic E-state index is 8.79. The lowest BCUT2D eigenvalue weighted by molar-refractivity contribution is 0.174. The molecule has 0 aliphatic carbocycles. The molecule has 0 spiro atoms. The molecule has 2 N–H and O–H groups in total. The van der Waals surface area contributed by atoms with Crippen LogP contribution >= 0.6 is 0 Å². The second-order valence-corrected chi connectivity index (χ2v) is 4.09. The lowest BCUT2D eigenvalue weighted by atomic mass is 10.1. The standard InChI is InChI=1S/C13H14N2O3/c16-5-1-3-14-13-10-7-12-11(17-8-18-12)6-9(10)2-4-15-13/h2,4,6-7,16H,1,3,5,8H2,(H,14,15). The average Bonchev–Trinajstić information content (AvgIpc) is 2.84. The molecule has 94 valence electrons. The number of nitrogens with zero attached hydrogens (tertiary/aromatic N) is 1.